The molecule has 0 saturated carbocycles. The highest BCUT2D eigenvalue weighted by atomic mass is 32.1. The van der Waals surface area contributed by atoms with E-state index in [1.807, 2.05) is 62.4 Å². The Labute approximate surface area is 186 Å². The van der Waals surface area contributed by atoms with Gasteiger partial charge in [-0.1, -0.05) is 6.07 Å². The highest BCUT2D eigenvalue weighted by molar-refractivity contribution is 7.12. The molecule has 4 rings (SSSR count). The lowest BCUT2D eigenvalue weighted by Gasteiger charge is -2.32. The van der Waals surface area contributed by atoms with Crippen molar-refractivity contribution >= 4 is 23.2 Å². The molecular weight excluding hydrogens is 410 g/mol. The van der Waals surface area contributed by atoms with Gasteiger partial charge >= 0.3 is 0 Å². The number of fused-ring (bicyclic) bond motifs is 1. The molecule has 1 atom stereocenters. The zero-order valence-electron chi connectivity index (χ0n) is 18.3. The molecule has 0 aromatic carbocycles. The second-order valence-electron chi connectivity index (χ2n) is 8.04. The number of pyridine rings is 1. The van der Waals surface area contributed by atoms with Crippen LogP contribution in [0.1, 0.15) is 56.4 Å². The summed E-state index contributed by atoms with van der Waals surface area (Å²) >= 11 is 1.43. The Balaban J connectivity index is 1.49. The van der Waals surface area contributed by atoms with E-state index in [4.69, 9.17) is 0 Å². The number of carbonyl (C=O) groups excluding carboxylic acids is 2. The first-order chi connectivity index (χ1) is 14.8. The first kappa shape index (κ1) is 21.2. The SMILES string of the molecule is Cc1cc(C)n(C(C)C(=O)N2CCc3c(cnc(C)c3CNC(=O)c3cccs3)C2)n1. The number of hydrogen-bond donors (Lipinski definition) is 1. The minimum Gasteiger partial charge on any atom is -0.347 e. The van der Waals surface area contributed by atoms with Gasteiger partial charge in [-0.3, -0.25) is 19.3 Å². The van der Waals surface area contributed by atoms with Crippen molar-refractivity contribution in [3.63, 3.8) is 0 Å². The normalized spacial score (nSPS) is 14.3. The summed E-state index contributed by atoms with van der Waals surface area (Å²) in [4.78, 5) is 32.6. The quantitative estimate of drug-likeness (QED) is 0.664. The Morgan fingerprint density at radius 2 is 2.10 bits per heavy atom. The van der Waals surface area contributed by atoms with Gasteiger partial charge in [0.15, 0.2) is 0 Å². The summed E-state index contributed by atoms with van der Waals surface area (Å²) in [6.45, 7) is 9.38. The van der Waals surface area contributed by atoms with Gasteiger partial charge in [-0.15, -0.1) is 11.3 Å². The van der Waals surface area contributed by atoms with Crippen LogP contribution in [0.25, 0.3) is 0 Å². The Bertz CT molecular complexity index is 1120. The minimum atomic E-state index is -0.349. The number of nitrogens with one attached hydrogen (secondary N) is 1. The lowest BCUT2D eigenvalue weighted by Crippen LogP contribution is -2.41. The number of hydrogen-bond acceptors (Lipinski definition) is 5. The van der Waals surface area contributed by atoms with E-state index in [2.05, 4.69) is 15.4 Å². The van der Waals surface area contributed by atoms with Crippen LogP contribution in [0.5, 0.6) is 0 Å². The van der Waals surface area contributed by atoms with Crippen molar-refractivity contribution in [3.8, 4) is 0 Å². The molecule has 7 nitrogen and oxygen atoms in total. The van der Waals surface area contributed by atoms with E-state index >= 15 is 0 Å². The third kappa shape index (κ3) is 4.25. The number of carbonyl (C=O) groups is 2. The summed E-state index contributed by atoms with van der Waals surface area (Å²) in [5.74, 6) is -0.0108. The van der Waals surface area contributed by atoms with Gasteiger partial charge in [-0.2, -0.15) is 5.10 Å². The second kappa shape index (κ2) is 8.63. The molecule has 0 bridgehead atoms. The fourth-order valence-corrected chi connectivity index (χ4v) is 4.86. The van der Waals surface area contributed by atoms with E-state index < -0.39 is 0 Å². The van der Waals surface area contributed by atoms with Crippen molar-refractivity contribution in [3.05, 3.63) is 68.4 Å². The van der Waals surface area contributed by atoms with Crippen LogP contribution in [0.3, 0.4) is 0 Å². The van der Waals surface area contributed by atoms with Crippen LogP contribution < -0.4 is 5.32 Å². The molecule has 3 aromatic heterocycles. The van der Waals surface area contributed by atoms with E-state index in [1.165, 1.54) is 16.9 Å². The summed E-state index contributed by atoms with van der Waals surface area (Å²) < 4.78 is 1.80. The predicted molar refractivity (Wildman–Crippen MR) is 120 cm³/mol. The number of amides is 2. The maximum absolute atomic E-state index is 13.2. The summed E-state index contributed by atoms with van der Waals surface area (Å²) in [5, 5.41) is 9.38. The molecule has 1 unspecified atom stereocenters. The number of rotatable bonds is 5. The molecule has 0 fully saturated rings. The third-order valence-electron chi connectivity index (χ3n) is 5.85. The van der Waals surface area contributed by atoms with Gasteiger partial charge in [-0.05, 0) is 68.3 Å². The largest absolute Gasteiger partial charge is 0.347 e. The number of aryl methyl sites for hydroxylation is 3. The third-order valence-corrected chi connectivity index (χ3v) is 6.72. The molecule has 8 heteroatoms. The zero-order chi connectivity index (χ0) is 22.1. The molecule has 1 aliphatic rings. The van der Waals surface area contributed by atoms with Crippen molar-refractivity contribution in [2.75, 3.05) is 6.54 Å². The molecule has 0 radical (unpaired) electrons. The maximum atomic E-state index is 13.2. The van der Waals surface area contributed by atoms with Gasteiger partial charge in [0, 0.05) is 37.2 Å². The van der Waals surface area contributed by atoms with E-state index in [0.29, 0.717) is 24.5 Å². The topological polar surface area (TPSA) is 80.1 Å². The molecule has 3 aromatic rings. The molecule has 162 valence electrons. The number of nitrogens with zero attached hydrogens (tertiary/aromatic N) is 4. The standard InChI is InChI=1S/C23H27N5O2S/c1-14-10-15(2)28(26-14)17(4)23(30)27-8-7-19-18(13-27)11-24-16(3)20(19)12-25-22(29)21-6-5-9-31-21/h5-6,9-11,17H,7-8,12-13H2,1-4H3,(H,25,29). The van der Waals surface area contributed by atoms with Gasteiger partial charge in [0.25, 0.3) is 5.91 Å². The predicted octanol–water partition coefficient (Wildman–Crippen LogP) is 3.34. The molecule has 4 heterocycles. The zero-order valence-corrected chi connectivity index (χ0v) is 19.1. The minimum absolute atomic E-state index is 0.0602. The van der Waals surface area contributed by atoms with Crippen LogP contribution in [0, 0.1) is 20.8 Å². The van der Waals surface area contributed by atoms with Crippen molar-refractivity contribution in [1.29, 1.82) is 0 Å². The van der Waals surface area contributed by atoms with Crippen LogP contribution >= 0.6 is 11.3 Å². The summed E-state index contributed by atoms with van der Waals surface area (Å²) in [6.07, 6.45) is 2.61. The molecular formula is C23H27N5O2S. The molecule has 31 heavy (non-hydrogen) atoms. The number of aromatic nitrogens is 3. The first-order valence-electron chi connectivity index (χ1n) is 10.4. The van der Waals surface area contributed by atoms with Gasteiger partial charge in [0.2, 0.25) is 5.91 Å². The molecule has 2 amide bonds. The summed E-state index contributed by atoms with van der Waals surface area (Å²) in [7, 11) is 0. The van der Waals surface area contributed by atoms with Gasteiger partial charge in [-0.25, -0.2) is 0 Å². The van der Waals surface area contributed by atoms with E-state index in [-0.39, 0.29) is 17.9 Å². The summed E-state index contributed by atoms with van der Waals surface area (Å²) in [6, 6.07) is 5.32. The van der Waals surface area contributed by atoms with Crippen LogP contribution in [0.2, 0.25) is 0 Å². The highest BCUT2D eigenvalue weighted by Gasteiger charge is 2.28. The van der Waals surface area contributed by atoms with Crippen molar-refractivity contribution < 1.29 is 9.59 Å². The first-order valence-corrected chi connectivity index (χ1v) is 11.3. The monoisotopic (exact) mass is 437 g/mol. The molecule has 0 aliphatic carbocycles. The van der Waals surface area contributed by atoms with Gasteiger partial charge in [0.1, 0.15) is 6.04 Å². The Morgan fingerprint density at radius 1 is 1.29 bits per heavy atom. The van der Waals surface area contributed by atoms with Crippen LogP contribution in [-0.2, 0) is 24.3 Å². The van der Waals surface area contributed by atoms with Gasteiger partial charge < -0.3 is 10.2 Å². The smallest absolute Gasteiger partial charge is 0.261 e. The van der Waals surface area contributed by atoms with Crippen molar-refractivity contribution in [1.82, 2.24) is 25.0 Å². The van der Waals surface area contributed by atoms with Crippen LogP contribution in [0.15, 0.2) is 29.8 Å². The second-order valence-corrected chi connectivity index (χ2v) is 8.99. The van der Waals surface area contributed by atoms with Crippen molar-refractivity contribution in [2.45, 2.75) is 53.2 Å². The Morgan fingerprint density at radius 3 is 2.77 bits per heavy atom. The average molecular weight is 438 g/mol. The fourth-order valence-electron chi connectivity index (χ4n) is 4.22. The fraction of sp³-hybridized carbons (Fsp3) is 0.391. The maximum Gasteiger partial charge on any atom is 0.261 e. The molecule has 1 aliphatic heterocycles. The average Bonchev–Trinajstić information content (AvgIpc) is 3.41. The molecule has 0 spiro atoms. The molecule has 1 N–H and O–H groups in total. The summed E-state index contributed by atoms with van der Waals surface area (Å²) in [5.41, 5.74) is 6.11. The van der Waals surface area contributed by atoms with E-state index in [9.17, 15) is 9.59 Å². The lowest BCUT2D eigenvalue weighted by atomic mass is 9.94. The lowest BCUT2D eigenvalue weighted by molar-refractivity contribution is -0.135. The van der Waals surface area contributed by atoms with E-state index in [1.54, 1.807) is 4.68 Å². The van der Waals surface area contributed by atoms with Gasteiger partial charge in [0.05, 0.1) is 10.6 Å². The van der Waals surface area contributed by atoms with Crippen LogP contribution in [-0.4, -0.2) is 38.0 Å². The molecule has 0 saturated heterocycles. The van der Waals surface area contributed by atoms with E-state index in [0.717, 1.165) is 34.6 Å². The number of thiophene rings is 1. The van der Waals surface area contributed by atoms with Crippen LogP contribution in [0.4, 0.5) is 0 Å². The Hall–Kier alpha value is -3.00. The Kier molecular flexibility index (Phi) is 5.91. The van der Waals surface area contributed by atoms with Crippen molar-refractivity contribution in [2.24, 2.45) is 0 Å². The highest BCUT2D eigenvalue weighted by Crippen LogP contribution is 2.26.